The van der Waals surface area contributed by atoms with Crippen molar-refractivity contribution in [1.82, 2.24) is 0 Å². The van der Waals surface area contributed by atoms with E-state index in [1.54, 1.807) is 11.3 Å². The quantitative estimate of drug-likeness (QED) is 0.600. The molecule has 0 fully saturated rings. The Morgan fingerprint density at radius 2 is 1.95 bits per heavy atom. The van der Waals surface area contributed by atoms with Gasteiger partial charge in [0, 0.05) is 25.2 Å². The molecule has 0 saturated carbocycles. The van der Waals surface area contributed by atoms with Crippen molar-refractivity contribution in [1.29, 1.82) is 0 Å². The van der Waals surface area contributed by atoms with E-state index in [2.05, 4.69) is 12.1 Å². The third kappa shape index (κ3) is 3.20. The van der Waals surface area contributed by atoms with Crippen LogP contribution in [0, 0.1) is 0 Å². The van der Waals surface area contributed by atoms with Crippen LogP contribution in [-0.2, 0) is 16.0 Å². The smallest absolute Gasteiger partial charge is 0.310 e. The Balaban J connectivity index is 0.00000161. The van der Waals surface area contributed by atoms with Gasteiger partial charge in [-0.2, -0.15) is 0 Å². The summed E-state index contributed by atoms with van der Waals surface area (Å²) < 4.78 is 7.36. The van der Waals surface area contributed by atoms with Crippen molar-refractivity contribution in [3.05, 3.63) is 47.0 Å². The number of carbonyl (C=O) groups excluding carboxylic acids is 1. The van der Waals surface area contributed by atoms with Crippen LogP contribution in [0.4, 0.5) is 0 Å². The van der Waals surface area contributed by atoms with Crippen molar-refractivity contribution in [2.75, 3.05) is 6.61 Å². The number of carbonyl (C=O) groups is 1. The zero-order chi connectivity index (χ0) is 14.1. The standard InChI is InChI=1S/C16H13ClO2S.CH4/c1-2-19-16(18)8-10-3-5-12-13-9-11(17)4-6-14(13)20-15(12)7-10;/h3-7,9H,2,8H2,1H3;1H4. The average Bonchev–Trinajstić information content (AvgIpc) is 2.76. The van der Waals surface area contributed by atoms with Crippen molar-refractivity contribution in [3.8, 4) is 0 Å². The fraction of sp³-hybridized carbons (Fsp3) is 0.235. The molecule has 21 heavy (non-hydrogen) atoms. The predicted octanol–water partition coefficient (Wildman–Crippen LogP) is 5.45. The van der Waals surface area contributed by atoms with Crippen LogP contribution in [0.25, 0.3) is 20.2 Å². The molecule has 4 heteroatoms. The molecule has 1 aromatic heterocycles. The number of halogens is 1. The second-order valence-electron chi connectivity index (χ2n) is 4.55. The molecular weight excluding hydrogens is 304 g/mol. The molecule has 0 amide bonds. The van der Waals surface area contributed by atoms with Crippen LogP contribution >= 0.6 is 22.9 Å². The first-order valence-corrected chi connectivity index (χ1v) is 7.63. The number of thiophene rings is 1. The number of hydrogen-bond acceptors (Lipinski definition) is 3. The van der Waals surface area contributed by atoms with Gasteiger partial charge in [-0.3, -0.25) is 4.79 Å². The summed E-state index contributed by atoms with van der Waals surface area (Å²) in [4.78, 5) is 11.5. The van der Waals surface area contributed by atoms with Crippen LogP contribution in [0.5, 0.6) is 0 Å². The van der Waals surface area contributed by atoms with Crippen LogP contribution in [0.3, 0.4) is 0 Å². The molecule has 0 aliphatic carbocycles. The van der Waals surface area contributed by atoms with Crippen LogP contribution in [0.1, 0.15) is 19.9 Å². The highest BCUT2D eigenvalue weighted by Gasteiger charge is 2.09. The number of esters is 1. The summed E-state index contributed by atoms with van der Waals surface area (Å²) in [6.07, 6.45) is 0.318. The molecule has 0 saturated heterocycles. The molecule has 0 atom stereocenters. The molecule has 0 aliphatic rings. The van der Waals surface area contributed by atoms with E-state index in [0.717, 1.165) is 10.6 Å². The maximum Gasteiger partial charge on any atom is 0.310 e. The lowest BCUT2D eigenvalue weighted by Gasteiger charge is -2.02. The molecule has 1 heterocycles. The molecule has 0 N–H and O–H groups in total. The fourth-order valence-corrected chi connectivity index (χ4v) is 3.60. The second-order valence-corrected chi connectivity index (χ2v) is 6.08. The molecule has 0 unspecified atom stereocenters. The van der Waals surface area contributed by atoms with Gasteiger partial charge in [0.25, 0.3) is 0 Å². The van der Waals surface area contributed by atoms with Crippen LogP contribution in [0.15, 0.2) is 36.4 Å². The number of benzene rings is 2. The van der Waals surface area contributed by atoms with E-state index in [9.17, 15) is 4.79 Å². The Morgan fingerprint density at radius 1 is 1.14 bits per heavy atom. The van der Waals surface area contributed by atoms with Gasteiger partial charge in [0.1, 0.15) is 0 Å². The van der Waals surface area contributed by atoms with Gasteiger partial charge in [-0.25, -0.2) is 0 Å². The van der Waals surface area contributed by atoms with Gasteiger partial charge in [-0.05, 0) is 36.8 Å². The van der Waals surface area contributed by atoms with Gasteiger partial charge in [0.15, 0.2) is 0 Å². The first kappa shape index (κ1) is 15.8. The summed E-state index contributed by atoms with van der Waals surface area (Å²) in [5, 5.41) is 3.09. The highest BCUT2D eigenvalue weighted by molar-refractivity contribution is 7.25. The van der Waals surface area contributed by atoms with E-state index in [4.69, 9.17) is 16.3 Å². The molecule has 2 aromatic carbocycles. The highest BCUT2D eigenvalue weighted by Crippen LogP contribution is 2.35. The molecule has 110 valence electrons. The summed E-state index contributed by atoms with van der Waals surface area (Å²) >= 11 is 7.77. The SMILES string of the molecule is C.CCOC(=O)Cc1ccc2c(c1)sc1ccc(Cl)cc12. The fourth-order valence-electron chi connectivity index (χ4n) is 2.28. The summed E-state index contributed by atoms with van der Waals surface area (Å²) in [5.41, 5.74) is 0.980. The minimum absolute atomic E-state index is 0. The Kier molecular flexibility index (Phi) is 4.86. The molecule has 2 nitrogen and oxygen atoms in total. The lowest BCUT2D eigenvalue weighted by atomic mass is 10.1. The summed E-state index contributed by atoms with van der Waals surface area (Å²) in [6, 6.07) is 12.0. The van der Waals surface area contributed by atoms with E-state index < -0.39 is 0 Å². The Labute approximate surface area is 133 Å². The van der Waals surface area contributed by atoms with Gasteiger partial charge in [0.05, 0.1) is 13.0 Å². The zero-order valence-corrected chi connectivity index (χ0v) is 12.6. The Hall–Kier alpha value is -1.58. The molecule has 0 spiro atoms. The average molecular weight is 321 g/mol. The van der Waals surface area contributed by atoms with Crippen molar-refractivity contribution < 1.29 is 9.53 Å². The van der Waals surface area contributed by atoms with Gasteiger partial charge < -0.3 is 4.74 Å². The number of hydrogen-bond donors (Lipinski definition) is 0. The summed E-state index contributed by atoms with van der Waals surface area (Å²) in [6.45, 7) is 2.24. The van der Waals surface area contributed by atoms with Crippen molar-refractivity contribution in [3.63, 3.8) is 0 Å². The van der Waals surface area contributed by atoms with Gasteiger partial charge in [-0.1, -0.05) is 31.2 Å². The van der Waals surface area contributed by atoms with E-state index in [1.165, 1.54) is 20.2 Å². The van der Waals surface area contributed by atoms with Crippen LogP contribution in [-0.4, -0.2) is 12.6 Å². The Morgan fingerprint density at radius 3 is 2.71 bits per heavy atom. The topological polar surface area (TPSA) is 26.3 Å². The molecule has 0 radical (unpaired) electrons. The van der Waals surface area contributed by atoms with Crippen molar-refractivity contribution in [2.45, 2.75) is 20.8 Å². The third-order valence-electron chi connectivity index (χ3n) is 3.15. The predicted molar refractivity (Wildman–Crippen MR) is 91.4 cm³/mol. The van der Waals surface area contributed by atoms with Gasteiger partial charge in [0.2, 0.25) is 0 Å². The first-order valence-electron chi connectivity index (χ1n) is 6.43. The van der Waals surface area contributed by atoms with Crippen molar-refractivity contribution >= 4 is 49.1 Å². The largest absolute Gasteiger partial charge is 0.466 e. The van der Waals surface area contributed by atoms with Gasteiger partial charge in [-0.15, -0.1) is 11.3 Å². The minimum Gasteiger partial charge on any atom is -0.466 e. The molecular formula is C17H17ClO2S. The monoisotopic (exact) mass is 320 g/mol. The molecule has 3 aromatic rings. The van der Waals surface area contributed by atoms with Crippen LogP contribution in [0.2, 0.25) is 5.02 Å². The Bertz CT molecular complexity index is 792. The highest BCUT2D eigenvalue weighted by atomic mass is 35.5. The van der Waals surface area contributed by atoms with Crippen molar-refractivity contribution in [2.24, 2.45) is 0 Å². The normalized spacial score (nSPS) is 10.6. The van der Waals surface area contributed by atoms with E-state index in [-0.39, 0.29) is 13.4 Å². The number of ether oxygens (including phenoxy) is 1. The summed E-state index contributed by atoms with van der Waals surface area (Å²) in [7, 11) is 0. The number of fused-ring (bicyclic) bond motifs is 3. The summed E-state index contributed by atoms with van der Waals surface area (Å²) in [5.74, 6) is -0.184. The minimum atomic E-state index is -0.184. The maximum atomic E-state index is 11.5. The maximum absolute atomic E-state index is 11.5. The molecule has 0 bridgehead atoms. The lowest BCUT2D eigenvalue weighted by molar-refractivity contribution is -0.142. The molecule has 0 aliphatic heterocycles. The first-order chi connectivity index (χ1) is 9.67. The van der Waals surface area contributed by atoms with E-state index >= 15 is 0 Å². The second kappa shape index (κ2) is 6.46. The number of rotatable bonds is 3. The molecule has 3 rings (SSSR count). The van der Waals surface area contributed by atoms with Crippen LogP contribution < -0.4 is 0 Å². The van der Waals surface area contributed by atoms with E-state index in [0.29, 0.717) is 13.0 Å². The van der Waals surface area contributed by atoms with E-state index in [1.807, 2.05) is 31.2 Å². The third-order valence-corrected chi connectivity index (χ3v) is 4.52. The zero-order valence-electron chi connectivity index (χ0n) is 11.0. The van der Waals surface area contributed by atoms with Gasteiger partial charge >= 0.3 is 5.97 Å². The lowest BCUT2D eigenvalue weighted by Crippen LogP contribution is -2.07.